The third-order valence-electron chi connectivity index (χ3n) is 2.08. The molecular formula is C11H17NO2S. The van der Waals surface area contributed by atoms with Gasteiger partial charge in [-0.15, -0.1) is 11.3 Å². The van der Waals surface area contributed by atoms with Crippen molar-refractivity contribution in [1.29, 1.82) is 0 Å². The van der Waals surface area contributed by atoms with Gasteiger partial charge in [0.2, 0.25) is 0 Å². The molecule has 0 saturated heterocycles. The fourth-order valence-electron chi connectivity index (χ4n) is 1.25. The van der Waals surface area contributed by atoms with Crippen molar-refractivity contribution in [2.24, 2.45) is 0 Å². The molecule has 0 aliphatic heterocycles. The van der Waals surface area contributed by atoms with Crippen LogP contribution < -0.4 is 5.32 Å². The molecule has 15 heavy (non-hydrogen) atoms. The van der Waals surface area contributed by atoms with Crippen molar-refractivity contribution >= 4 is 17.3 Å². The van der Waals surface area contributed by atoms with Crippen molar-refractivity contribution in [1.82, 2.24) is 5.32 Å². The Balaban J connectivity index is 2.57. The first-order valence-electron chi connectivity index (χ1n) is 5.15. The third kappa shape index (κ3) is 4.01. The van der Waals surface area contributed by atoms with Crippen LogP contribution in [0.3, 0.4) is 0 Å². The smallest absolute Gasteiger partial charge is 0.306 e. The van der Waals surface area contributed by atoms with Crippen LogP contribution in [-0.2, 0) is 9.53 Å². The Hall–Kier alpha value is -0.870. The van der Waals surface area contributed by atoms with E-state index in [1.54, 1.807) is 11.3 Å². The van der Waals surface area contributed by atoms with Crippen LogP contribution in [0.1, 0.15) is 30.7 Å². The summed E-state index contributed by atoms with van der Waals surface area (Å²) in [4.78, 5) is 12.4. The number of nitrogens with one attached hydrogen (secondary N) is 1. The van der Waals surface area contributed by atoms with Crippen molar-refractivity contribution in [2.75, 3.05) is 13.6 Å². The zero-order chi connectivity index (χ0) is 11.1. The zero-order valence-electron chi connectivity index (χ0n) is 9.16. The predicted molar refractivity (Wildman–Crippen MR) is 62.0 cm³/mol. The summed E-state index contributed by atoms with van der Waals surface area (Å²) in [7, 11) is 1.90. The first-order chi connectivity index (χ1) is 7.27. The van der Waals surface area contributed by atoms with E-state index in [0.717, 1.165) is 17.8 Å². The largest absolute Gasteiger partial charge is 0.457 e. The maximum Gasteiger partial charge on any atom is 0.306 e. The topological polar surface area (TPSA) is 38.3 Å². The Morgan fingerprint density at radius 2 is 2.47 bits per heavy atom. The van der Waals surface area contributed by atoms with Gasteiger partial charge in [0.05, 0.1) is 0 Å². The molecule has 0 amide bonds. The van der Waals surface area contributed by atoms with E-state index in [1.807, 2.05) is 31.5 Å². The second kappa shape index (κ2) is 6.58. The van der Waals surface area contributed by atoms with Crippen LogP contribution in [0, 0.1) is 0 Å². The molecule has 1 aromatic rings. The molecule has 0 fully saturated rings. The average Bonchev–Trinajstić information content (AvgIpc) is 2.77. The summed E-state index contributed by atoms with van der Waals surface area (Å²) in [5.41, 5.74) is 0. The number of carbonyl (C=O) groups excluding carboxylic acids is 1. The lowest BCUT2D eigenvalue weighted by Crippen LogP contribution is -2.16. The molecule has 0 saturated carbocycles. The van der Waals surface area contributed by atoms with E-state index >= 15 is 0 Å². The summed E-state index contributed by atoms with van der Waals surface area (Å²) in [6, 6.07) is 3.99. The molecule has 0 spiro atoms. The molecule has 1 aromatic heterocycles. The predicted octanol–water partition coefficient (Wildman–Crippen LogP) is 2.35. The number of thiophene rings is 1. The molecule has 1 atom stereocenters. The molecule has 0 aliphatic rings. The monoisotopic (exact) mass is 227 g/mol. The van der Waals surface area contributed by atoms with Gasteiger partial charge in [-0.2, -0.15) is 0 Å². The van der Waals surface area contributed by atoms with Gasteiger partial charge in [-0.3, -0.25) is 4.79 Å². The molecule has 84 valence electrons. The number of hydrogen-bond donors (Lipinski definition) is 1. The summed E-state index contributed by atoms with van der Waals surface area (Å²) < 4.78 is 5.38. The standard InChI is InChI=1S/C11H17NO2S/c1-3-11(13)14-9(6-7-12-2)10-5-4-8-15-10/h4-5,8-9,12H,3,6-7H2,1-2H3. The lowest BCUT2D eigenvalue weighted by atomic mass is 10.2. The molecule has 0 aromatic carbocycles. The van der Waals surface area contributed by atoms with Crippen molar-refractivity contribution in [2.45, 2.75) is 25.9 Å². The van der Waals surface area contributed by atoms with Gasteiger partial charge in [0.1, 0.15) is 6.10 Å². The van der Waals surface area contributed by atoms with E-state index in [0.29, 0.717) is 6.42 Å². The third-order valence-corrected chi connectivity index (χ3v) is 3.04. The molecular weight excluding hydrogens is 210 g/mol. The molecule has 1 unspecified atom stereocenters. The van der Waals surface area contributed by atoms with Crippen molar-refractivity contribution < 1.29 is 9.53 Å². The molecule has 1 heterocycles. The van der Waals surface area contributed by atoms with Gasteiger partial charge in [-0.25, -0.2) is 0 Å². The summed E-state index contributed by atoms with van der Waals surface area (Å²) >= 11 is 1.63. The first-order valence-corrected chi connectivity index (χ1v) is 6.03. The molecule has 0 radical (unpaired) electrons. The molecule has 4 heteroatoms. The minimum Gasteiger partial charge on any atom is -0.457 e. The van der Waals surface area contributed by atoms with Gasteiger partial charge in [0.15, 0.2) is 0 Å². The van der Waals surface area contributed by atoms with E-state index in [-0.39, 0.29) is 12.1 Å². The number of hydrogen-bond acceptors (Lipinski definition) is 4. The van der Waals surface area contributed by atoms with E-state index in [4.69, 9.17) is 4.74 Å². The highest BCUT2D eigenvalue weighted by molar-refractivity contribution is 7.10. The Bertz CT molecular complexity index is 285. The van der Waals surface area contributed by atoms with Gasteiger partial charge in [-0.05, 0) is 25.0 Å². The van der Waals surface area contributed by atoms with Crippen molar-refractivity contribution in [3.05, 3.63) is 22.4 Å². The quantitative estimate of drug-likeness (QED) is 0.758. The highest BCUT2D eigenvalue weighted by Crippen LogP contribution is 2.25. The zero-order valence-corrected chi connectivity index (χ0v) is 9.97. The highest BCUT2D eigenvalue weighted by atomic mass is 32.1. The summed E-state index contributed by atoms with van der Waals surface area (Å²) in [5, 5.41) is 5.07. The fourth-order valence-corrected chi connectivity index (χ4v) is 2.04. The van der Waals surface area contributed by atoms with Crippen LogP contribution in [0.25, 0.3) is 0 Å². The lowest BCUT2D eigenvalue weighted by Gasteiger charge is -2.15. The minimum absolute atomic E-state index is 0.0927. The molecule has 1 N–H and O–H groups in total. The van der Waals surface area contributed by atoms with E-state index < -0.39 is 0 Å². The Morgan fingerprint density at radius 1 is 1.67 bits per heavy atom. The SMILES string of the molecule is CCC(=O)OC(CCNC)c1cccs1. The molecule has 0 aliphatic carbocycles. The Labute approximate surface area is 94.5 Å². The van der Waals surface area contributed by atoms with Gasteiger partial charge in [0.25, 0.3) is 0 Å². The molecule has 3 nitrogen and oxygen atoms in total. The maximum absolute atomic E-state index is 11.2. The second-order valence-corrected chi connectivity index (χ2v) is 4.22. The van der Waals surface area contributed by atoms with Crippen LogP contribution in [-0.4, -0.2) is 19.6 Å². The average molecular weight is 227 g/mol. The van der Waals surface area contributed by atoms with Crippen LogP contribution in [0.5, 0.6) is 0 Å². The summed E-state index contributed by atoms with van der Waals surface area (Å²) in [5.74, 6) is -0.135. The van der Waals surface area contributed by atoms with Gasteiger partial charge < -0.3 is 10.1 Å². The van der Waals surface area contributed by atoms with Crippen LogP contribution in [0.2, 0.25) is 0 Å². The van der Waals surface area contributed by atoms with E-state index in [9.17, 15) is 4.79 Å². The number of ether oxygens (including phenoxy) is 1. The lowest BCUT2D eigenvalue weighted by molar-refractivity contribution is -0.149. The van der Waals surface area contributed by atoms with Crippen molar-refractivity contribution in [3.8, 4) is 0 Å². The second-order valence-electron chi connectivity index (χ2n) is 3.24. The van der Waals surface area contributed by atoms with E-state index in [2.05, 4.69) is 5.32 Å². The number of rotatable bonds is 6. The van der Waals surface area contributed by atoms with Gasteiger partial charge >= 0.3 is 5.97 Å². The van der Waals surface area contributed by atoms with Crippen molar-refractivity contribution in [3.63, 3.8) is 0 Å². The van der Waals surface area contributed by atoms with E-state index in [1.165, 1.54) is 0 Å². The number of carbonyl (C=O) groups is 1. The first kappa shape index (κ1) is 12.2. The molecule has 1 rings (SSSR count). The molecule has 0 bridgehead atoms. The van der Waals surface area contributed by atoms with Crippen LogP contribution in [0.15, 0.2) is 17.5 Å². The van der Waals surface area contributed by atoms with Crippen LogP contribution >= 0.6 is 11.3 Å². The number of esters is 1. The summed E-state index contributed by atoms with van der Waals surface area (Å²) in [6.45, 7) is 2.66. The Morgan fingerprint density at radius 3 is 3.00 bits per heavy atom. The normalized spacial score (nSPS) is 12.4. The Kier molecular flexibility index (Phi) is 5.36. The highest BCUT2D eigenvalue weighted by Gasteiger charge is 2.15. The van der Waals surface area contributed by atoms with Gasteiger partial charge in [0, 0.05) is 17.7 Å². The summed E-state index contributed by atoms with van der Waals surface area (Å²) in [6.07, 6.45) is 1.16. The minimum atomic E-state index is -0.135. The van der Waals surface area contributed by atoms with Gasteiger partial charge in [-0.1, -0.05) is 13.0 Å². The maximum atomic E-state index is 11.2. The van der Waals surface area contributed by atoms with Crippen LogP contribution in [0.4, 0.5) is 0 Å². The fraction of sp³-hybridized carbons (Fsp3) is 0.545.